The third-order valence-electron chi connectivity index (χ3n) is 6.86. The van der Waals surface area contributed by atoms with Gasteiger partial charge in [0.15, 0.2) is 0 Å². The molecule has 2 bridgehead atoms. The van der Waals surface area contributed by atoms with Crippen LogP contribution in [0.4, 0.5) is 16.2 Å². The lowest BCUT2D eigenvalue weighted by Gasteiger charge is -2.42. The van der Waals surface area contributed by atoms with E-state index >= 15 is 0 Å². The summed E-state index contributed by atoms with van der Waals surface area (Å²) in [4.78, 5) is 28.2. The maximum atomic E-state index is 13.3. The topological polar surface area (TPSA) is 119 Å². The van der Waals surface area contributed by atoms with Gasteiger partial charge in [-0.05, 0) is 48.7 Å². The summed E-state index contributed by atoms with van der Waals surface area (Å²) in [5.41, 5.74) is 0.902. The number of amides is 2. The van der Waals surface area contributed by atoms with Gasteiger partial charge in [0.1, 0.15) is 17.2 Å². The molecule has 2 atom stereocenters. The van der Waals surface area contributed by atoms with Crippen molar-refractivity contribution in [3.63, 3.8) is 0 Å². The van der Waals surface area contributed by atoms with Crippen molar-refractivity contribution in [2.45, 2.75) is 23.8 Å². The molecule has 1 saturated heterocycles. The Kier molecular flexibility index (Phi) is 6.97. The number of ether oxygens (including phenoxy) is 2. The monoisotopic (exact) mass is 558 g/mol. The maximum absolute atomic E-state index is 13.3. The van der Waals surface area contributed by atoms with Crippen molar-refractivity contribution in [3.05, 3.63) is 75.7 Å². The van der Waals surface area contributed by atoms with Gasteiger partial charge >= 0.3 is 6.03 Å². The third-order valence-corrected chi connectivity index (χ3v) is 8.50. The van der Waals surface area contributed by atoms with Crippen molar-refractivity contribution in [1.29, 1.82) is 0 Å². The molecule has 3 heterocycles. The quantitative estimate of drug-likeness (QED) is 0.472. The molecule has 1 aromatic heterocycles. The second-order valence-corrected chi connectivity index (χ2v) is 11.5. The molecule has 1 fully saturated rings. The second-order valence-electron chi connectivity index (χ2n) is 9.38. The van der Waals surface area contributed by atoms with Crippen LogP contribution in [0.25, 0.3) is 0 Å². The van der Waals surface area contributed by atoms with Crippen molar-refractivity contribution in [2.75, 3.05) is 37.3 Å². The number of carbonyl (C=O) groups excluding carboxylic acids is 1. The molecule has 3 aromatic rings. The van der Waals surface area contributed by atoms with E-state index in [9.17, 15) is 18.0 Å². The normalized spacial score (nSPS) is 18.3. The Morgan fingerprint density at radius 1 is 0.974 bits per heavy atom. The summed E-state index contributed by atoms with van der Waals surface area (Å²) in [7, 11) is -0.876. The number of hydrogen-bond donors (Lipinski definition) is 2. The fraction of sp³-hybridized carbons (Fsp3) is 0.308. The molecule has 5 rings (SSSR count). The van der Waals surface area contributed by atoms with E-state index in [1.54, 1.807) is 48.0 Å². The SMILES string of the molecule is COc1cc(NC(=O)N2CC3CC(C2)c2ccc(NS(=O)(=O)c4ccc(Cl)cc4)c(=O)n2C3)cc(OC)c1. The molecule has 2 N–H and O–H groups in total. The number of pyridine rings is 1. The zero-order chi connectivity index (χ0) is 27.0. The molecule has 2 unspecified atom stereocenters. The van der Waals surface area contributed by atoms with E-state index < -0.39 is 15.6 Å². The molecule has 0 spiro atoms. The number of benzene rings is 2. The fourth-order valence-corrected chi connectivity index (χ4v) is 6.27. The highest BCUT2D eigenvalue weighted by Crippen LogP contribution is 2.36. The number of urea groups is 1. The molecule has 200 valence electrons. The number of likely N-dealkylation sites (tertiary alicyclic amines) is 1. The van der Waals surface area contributed by atoms with E-state index in [0.29, 0.717) is 41.8 Å². The Labute approximate surface area is 225 Å². The third kappa shape index (κ3) is 5.16. The lowest BCUT2D eigenvalue weighted by atomic mass is 9.83. The van der Waals surface area contributed by atoms with Gasteiger partial charge < -0.3 is 24.3 Å². The zero-order valence-electron chi connectivity index (χ0n) is 20.8. The molecule has 12 heteroatoms. The van der Waals surface area contributed by atoms with E-state index in [0.717, 1.165) is 12.1 Å². The number of anilines is 2. The second kappa shape index (κ2) is 10.2. The number of piperidine rings is 1. The molecule has 2 aliphatic heterocycles. The van der Waals surface area contributed by atoms with Gasteiger partial charge in [0.25, 0.3) is 15.6 Å². The number of rotatable bonds is 6. The Hall–Kier alpha value is -3.70. The van der Waals surface area contributed by atoms with E-state index in [2.05, 4.69) is 10.0 Å². The average Bonchev–Trinajstić information content (AvgIpc) is 2.90. The van der Waals surface area contributed by atoms with E-state index in [1.165, 1.54) is 30.3 Å². The number of fused-ring (bicyclic) bond motifs is 4. The maximum Gasteiger partial charge on any atom is 0.321 e. The van der Waals surface area contributed by atoms with Gasteiger partial charge in [-0.15, -0.1) is 0 Å². The van der Waals surface area contributed by atoms with Gasteiger partial charge in [-0.3, -0.25) is 9.52 Å². The first-order valence-corrected chi connectivity index (χ1v) is 13.8. The van der Waals surface area contributed by atoms with Gasteiger partial charge in [-0.1, -0.05) is 11.6 Å². The Bertz CT molecular complexity index is 1520. The van der Waals surface area contributed by atoms with Crippen molar-refractivity contribution in [2.24, 2.45) is 5.92 Å². The van der Waals surface area contributed by atoms with E-state index in [-0.39, 0.29) is 28.4 Å². The predicted molar refractivity (Wildman–Crippen MR) is 144 cm³/mol. The van der Waals surface area contributed by atoms with Crippen LogP contribution >= 0.6 is 11.6 Å². The van der Waals surface area contributed by atoms with E-state index in [4.69, 9.17) is 21.1 Å². The van der Waals surface area contributed by atoms with Crippen LogP contribution in [0.1, 0.15) is 18.0 Å². The smallest absolute Gasteiger partial charge is 0.321 e. The summed E-state index contributed by atoms with van der Waals surface area (Å²) in [6.45, 7) is 1.28. The van der Waals surface area contributed by atoms with Crippen LogP contribution in [0.15, 0.2) is 64.3 Å². The fourth-order valence-electron chi connectivity index (χ4n) is 5.09. The van der Waals surface area contributed by atoms with Gasteiger partial charge in [0, 0.05) is 60.2 Å². The highest BCUT2D eigenvalue weighted by atomic mass is 35.5. The van der Waals surface area contributed by atoms with Gasteiger partial charge in [-0.2, -0.15) is 0 Å². The molecular weight excluding hydrogens is 532 g/mol. The first-order chi connectivity index (χ1) is 18.2. The average molecular weight is 559 g/mol. The van der Waals surface area contributed by atoms with Crippen LogP contribution in [0, 0.1) is 5.92 Å². The largest absolute Gasteiger partial charge is 0.497 e. The molecule has 2 aliphatic rings. The summed E-state index contributed by atoms with van der Waals surface area (Å²) in [6, 6.07) is 13.9. The minimum absolute atomic E-state index is 0.0104. The molecule has 0 radical (unpaired) electrons. The van der Waals surface area contributed by atoms with Crippen LogP contribution in [-0.4, -0.2) is 51.2 Å². The van der Waals surface area contributed by atoms with Gasteiger partial charge in [-0.25, -0.2) is 13.2 Å². The van der Waals surface area contributed by atoms with Crippen LogP contribution < -0.4 is 25.1 Å². The summed E-state index contributed by atoms with van der Waals surface area (Å²) >= 11 is 5.86. The highest BCUT2D eigenvalue weighted by Gasteiger charge is 2.37. The van der Waals surface area contributed by atoms with Crippen molar-refractivity contribution >= 4 is 39.0 Å². The number of aromatic nitrogens is 1. The zero-order valence-corrected chi connectivity index (χ0v) is 22.4. The van der Waals surface area contributed by atoms with E-state index in [1.807, 2.05) is 0 Å². The van der Waals surface area contributed by atoms with Gasteiger partial charge in [0.05, 0.1) is 19.1 Å². The number of nitrogens with one attached hydrogen (secondary N) is 2. The predicted octanol–water partition coefficient (Wildman–Crippen LogP) is 3.97. The summed E-state index contributed by atoms with van der Waals surface area (Å²) in [6.07, 6.45) is 0.839. The minimum atomic E-state index is -3.96. The molecule has 0 saturated carbocycles. The van der Waals surface area contributed by atoms with Crippen molar-refractivity contribution in [3.8, 4) is 11.5 Å². The standard InChI is InChI=1S/C26H27ClN4O6S/c1-36-20-10-19(11-21(12-20)37-2)28-26(33)30-13-16-9-17(15-30)24-8-7-23(25(32)31(24)14-16)29-38(34,35)22-5-3-18(27)4-6-22/h3-8,10-12,16-17,29H,9,13-15H2,1-2H3,(H,28,33). The molecule has 10 nitrogen and oxygen atoms in total. The lowest BCUT2D eigenvalue weighted by Crippen LogP contribution is -2.50. The number of sulfonamides is 1. The van der Waals surface area contributed by atoms with Crippen molar-refractivity contribution < 1.29 is 22.7 Å². The molecule has 2 amide bonds. The number of hydrogen-bond acceptors (Lipinski definition) is 6. The summed E-state index contributed by atoms with van der Waals surface area (Å²) in [5.74, 6) is 1.12. The molecule has 0 aliphatic carbocycles. The highest BCUT2D eigenvalue weighted by molar-refractivity contribution is 7.92. The van der Waals surface area contributed by atoms with Gasteiger partial charge in [0.2, 0.25) is 0 Å². The van der Waals surface area contributed by atoms with Crippen molar-refractivity contribution in [1.82, 2.24) is 9.47 Å². The summed E-state index contributed by atoms with van der Waals surface area (Å²) < 4.78 is 40.2. The van der Waals surface area contributed by atoms with Crippen LogP contribution in [-0.2, 0) is 16.6 Å². The molecular formula is C26H27ClN4O6S. The van der Waals surface area contributed by atoms with Crippen LogP contribution in [0.2, 0.25) is 5.02 Å². The number of carbonyl (C=O) groups is 1. The van der Waals surface area contributed by atoms with Crippen LogP contribution in [0.5, 0.6) is 11.5 Å². The molecule has 2 aromatic carbocycles. The first-order valence-electron chi connectivity index (χ1n) is 12.0. The summed E-state index contributed by atoms with van der Waals surface area (Å²) in [5, 5.41) is 3.33. The number of halogens is 1. The Balaban J connectivity index is 1.34. The Morgan fingerprint density at radius 2 is 1.66 bits per heavy atom. The number of nitrogens with zero attached hydrogens (tertiary/aromatic N) is 2. The lowest BCUT2D eigenvalue weighted by molar-refractivity contribution is 0.139. The van der Waals surface area contributed by atoms with Crippen LogP contribution in [0.3, 0.4) is 0 Å². The molecule has 38 heavy (non-hydrogen) atoms. The number of methoxy groups -OCH3 is 2. The first kappa shape index (κ1) is 25.9. The Morgan fingerprint density at radius 3 is 2.32 bits per heavy atom. The minimum Gasteiger partial charge on any atom is -0.497 e.